The van der Waals surface area contributed by atoms with Gasteiger partial charge < -0.3 is 5.32 Å². The predicted octanol–water partition coefficient (Wildman–Crippen LogP) is 5.04. The van der Waals surface area contributed by atoms with Crippen LogP contribution in [-0.2, 0) is 0 Å². The van der Waals surface area contributed by atoms with Crippen molar-refractivity contribution in [1.29, 1.82) is 0 Å². The van der Waals surface area contributed by atoms with Crippen LogP contribution in [-0.4, -0.2) is 12.4 Å². The van der Waals surface area contributed by atoms with Gasteiger partial charge in [0.15, 0.2) is 0 Å². The molecule has 0 aromatic heterocycles. The summed E-state index contributed by atoms with van der Waals surface area (Å²) < 4.78 is 78.4. The highest BCUT2D eigenvalue weighted by atomic mass is 19.4. The molecule has 2 aromatic carbocycles. The zero-order valence-corrected chi connectivity index (χ0v) is 14.3. The van der Waals surface area contributed by atoms with E-state index in [0.29, 0.717) is 11.1 Å². The molecule has 2 aromatic rings. The zero-order chi connectivity index (χ0) is 20.5. The third-order valence-corrected chi connectivity index (χ3v) is 3.90. The van der Waals surface area contributed by atoms with Crippen LogP contribution in [0.15, 0.2) is 41.5 Å². The minimum Gasteiger partial charge on any atom is -0.366 e. The Labute approximate surface area is 156 Å². The lowest BCUT2D eigenvalue weighted by Crippen LogP contribution is -2.19. The first-order chi connectivity index (χ1) is 13.1. The number of nitrogens with one attached hydrogen (secondary N) is 1. The maximum Gasteiger partial charge on any atom is 0.458 e. The molecule has 3 rings (SSSR count). The van der Waals surface area contributed by atoms with Crippen LogP contribution in [0.3, 0.4) is 0 Å². The van der Waals surface area contributed by atoms with Crippen molar-refractivity contribution in [2.45, 2.75) is 19.3 Å². The molecule has 0 bridgehead atoms. The third-order valence-electron chi connectivity index (χ3n) is 3.90. The second-order valence-electron chi connectivity index (χ2n) is 6.04. The molecule has 1 heterocycles. The molecule has 1 aliphatic rings. The number of allylic oxidation sites excluding steroid dienone is 1. The third kappa shape index (κ3) is 4.36. The molecule has 0 aliphatic carbocycles. The van der Waals surface area contributed by atoms with Gasteiger partial charge >= 0.3 is 6.18 Å². The van der Waals surface area contributed by atoms with Crippen molar-refractivity contribution in [2.75, 3.05) is 0 Å². The topological polar surface area (TPSA) is 24.4 Å². The summed E-state index contributed by atoms with van der Waals surface area (Å²) in [6.45, 7) is 1.75. The van der Waals surface area contributed by atoms with E-state index in [1.54, 1.807) is 19.1 Å². The number of hydrogen-bond donors (Lipinski definition) is 1. The van der Waals surface area contributed by atoms with Crippen LogP contribution in [0, 0.1) is 36.2 Å². The van der Waals surface area contributed by atoms with Crippen molar-refractivity contribution >= 4 is 11.8 Å². The van der Waals surface area contributed by atoms with E-state index in [-0.39, 0.29) is 5.56 Å². The highest BCUT2D eigenvalue weighted by Crippen LogP contribution is 2.26. The van der Waals surface area contributed by atoms with Gasteiger partial charge in [-0.3, -0.25) is 4.99 Å². The maximum absolute atomic E-state index is 14.0. The van der Waals surface area contributed by atoms with Crippen molar-refractivity contribution in [3.63, 3.8) is 0 Å². The van der Waals surface area contributed by atoms with E-state index in [2.05, 4.69) is 10.3 Å². The highest BCUT2D eigenvalue weighted by molar-refractivity contribution is 6.10. The summed E-state index contributed by atoms with van der Waals surface area (Å²) in [6.07, 6.45) is -2.95. The van der Waals surface area contributed by atoms with Crippen molar-refractivity contribution in [3.8, 4) is 11.8 Å². The fraction of sp³-hybridized carbons (Fsp3) is 0.150. The summed E-state index contributed by atoms with van der Waals surface area (Å²) in [5.74, 6) is -0.624. The van der Waals surface area contributed by atoms with Gasteiger partial charge in [0, 0.05) is 35.0 Å². The number of hydrogen-bond acceptors (Lipinski definition) is 2. The summed E-state index contributed by atoms with van der Waals surface area (Å²) >= 11 is 0. The molecule has 1 atom stereocenters. The van der Waals surface area contributed by atoms with Crippen LogP contribution in [0.1, 0.15) is 28.4 Å². The molecule has 0 saturated carbocycles. The summed E-state index contributed by atoms with van der Waals surface area (Å²) in [7, 11) is 0. The average molecular weight is 394 g/mol. The van der Waals surface area contributed by atoms with Crippen LogP contribution in [0.25, 0.3) is 5.57 Å². The van der Waals surface area contributed by atoms with E-state index in [9.17, 15) is 26.3 Å². The quantitative estimate of drug-likeness (QED) is 0.560. The van der Waals surface area contributed by atoms with Gasteiger partial charge in [-0.1, -0.05) is 18.1 Å². The Morgan fingerprint density at radius 2 is 1.68 bits per heavy atom. The number of aryl methyl sites for hydroxylation is 1. The minimum atomic E-state index is -4.86. The fourth-order valence-corrected chi connectivity index (χ4v) is 2.59. The number of alkyl halides is 3. The molecular weight excluding hydrogens is 382 g/mol. The standard InChI is InChI=1S/C20H12F6N2/c1-11-2-3-14(16(21)6-11)13-9-27-19(28-10-13)12-7-17(22)15(18(23)8-12)4-5-20(24,25)26/h2-3,6-10,19,27H,1H3. The first kappa shape index (κ1) is 19.5. The average Bonchev–Trinajstić information content (AvgIpc) is 2.60. The molecule has 28 heavy (non-hydrogen) atoms. The Bertz CT molecular complexity index is 1020. The lowest BCUT2D eigenvalue weighted by Gasteiger charge is -2.19. The summed E-state index contributed by atoms with van der Waals surface area (Å²) in [5, 5.41) is 2.78. The molecule has 0 amide bonds. The molecule has 0 saturated heterocycles. The molecule has 0 radical (unpaired) electrons. The number of aliphatic imine (C=N–C) groups is 1. The maximum atomic E-state index is 14.0. The molecule has 144 valence electrons. The molecule has 0 fully saturated rings. The van der Waals surface area contributed by atoms with E-state index >= 15 is 0 Å². The Morgan fingerprint density at radius 3 is 2.21 bits per heavy atom. The number of benzene rings is 2. The molecule has 1 unspecified atom stereocenters. The molecule has 8 heteroatoms. The van der Waals surface area contributed by atoms with Gasteiger partial charge in [0.05, 0.1) is 5.56 Å². The SMILES string of the molecule is Cc1ccc(C2=CNC(c3cc(F)c(C#CC(F)(F)F)c(F)c3)N=C2)c(F)c1. The van der Waals surface area contributed by atoms with Crippen LogP contribution in [0.2, 0.25) is 0 Å². The van der Waals surface area contributed by atoms with E-state index < -0.39 is 35.4 Å². The normalized spacial score (nSPS) is 16.1. The van der Waals surface area contributed by atoms with E-state index in [1.807, 2.05) is 0 Å². The van der Waals surface area contributed by atoms with Gasteiger partial charge in [0.2, 0.25) is 0 Å². The lowest BCUT2D eigenvalue weighted by atomic mass is 10.0. The monoisotopic (exact) mass is 394 g/mol. The molecule has 1 aliphatic heterocycles. The minimum absolute atomic E-state index is 0.0449. The fourth-order valence-electron chi connectivity index (χ4n) is 2.59. The van der Waals surface area contributed by atoms with E-state index in [1.165, 1.54) is 24.4 Å². The van der Waals surface area contributed by atoms with E-state index in [0.717, 1.165) is 23.6 Å². The Hall–Kier alpha value is -3.21. The summed E-state index contributed by atoms with van der Waals surface area (Å²) in [4.78, 5) is 4.10. The molecule has 0 spiro atoms. The number of rotatable bonds is 2. The molecular formula is C20H12F6N2. The summed E-state index contributed by atoms with van der Waals surface area (Å²) in [6, 6.07) is 6.37. The van der Waals surface area contributed by atoms with Gasteiger partial charge in [-0.2, -0.15) is 13.2 Å². The van der Waals surface area contributed by atoms with Gasteiger partial charge in [-0.15, -0.1) is 0 Å². The van der Waals surface area contributed by atoms with Gasteiger partial charge in [0.25, 0.3) is 0 Å². The highest BCUT2D eigenvalue weighted by Gasteiger charge is 2.24. The summed E-state index contributed by atoms with van der Waals surface area (Å²) in [5.41, 5.74) is 0.556. The molecule has 1 N–H and O–H groups in total. The smallest absolute Gasteiger partial charge is 0.366 e. The largest absolute Gasteiger partial charge is 0.458 e. The van der Waals surface area contributed by atoms with E-state index in [4.69, 9.17) is 0 Å². The first-order valence-electron chi connectivity index (χ1n) is 7.99. The lowest BCUT2D eigenvalue weighted by molar-refractivity contribution is -0.0696. The van der Waals surface area contributed by atoms with Crippen molar-refractivity contribution < 1.29 is 26.3 Å². The second kappa shape index (κ2) is 7.43. The molecule has 2 nitrogen and oxygen atoms in total. The van der Waals surface area contributed by atoms with Crippen LogP contribution in [0.5, 0.6) is 0 Å². The van der Waals surface area contributed by atoms with Crippen LogP contribution < -0.4 is 5.32 Å². The van der Waals surface area contributed by atoms with Gasteiger partial charge in [0.1, 0.15) is 23.6 Å². The van der Waals surface area contributed by atoms with Gasteiger partial charge in [-0.05, 0) is 30.7 Å². The zero-order valence-electron chi connectivity index (χ0n) is 14.3. The van der Waals surface area contributed by atoms with Gasteiger partial charge in [-0.25, -0.2) is 13.2 Å². The number of nitrogens with zero attached hydrogens (tertiary/aromatic N) is 1. The van der Waals surface area contributed by atoms with Crippen molar-refractivity contribution in [1.82, 2.24) is 5.32 Å². The number of halogens is 6. The second-order valence-corrected chi connectivity index (χ2v) is 6.04. The first-order valence-corrected chi connectivity index (χ1v) is 7.99. The van der Waals surface area contributed by atoms with Crippen LogP contribution in [0.4, 0.5) is 26.3 Å². The van der Waals surface area contributed by atoms with Crippen LogP contribution >= 0.6 is 0 Å². The van der Waals surface area contributed by atoms with Crippen molar-refractivity contribution in [3.05, 3.63) is 76.2 Å². The van der Waals surface area contributed by atoms with Crippen molar-refractivity contribution in [2.24, 2.45) is 4.99 Å². The Balaban J connectivity index is 1.84. The Morgan fingerprint density at radius 1 is 1.00 bits per heavy atom. The predicted molar refractivity (Wildman–Crippen MR) is 92.8 cm³/mol. The Kier molecular flexibility index (Phi) is 5.18.